The summed E-state index contributed by atoms with van der Waals surface area (Å²) < 4.78 is 25.4. The molecule has 1 aromatic rings. The molecule has 0 aliphatic carbocycles. The number of rotatable bonds is 5. The van der Waals surface area contributed by atoms with Gasteiger partial charge in [-0.3, -0.25) is 9.09 Å². The van der Waals surface area contributed by atoms with Gasteiger partial charge in [-0.15, -0.1) is 0 Å². The fraction of sp³-hybridized carbons (Fsp3) is 0.789. The Labute approximate surface area is 182 Å². The van der Waals surface area contributed by atoms with Crippen molar-refractivity contribution < 1.29 is 23.4 Å². The minimum absolute atomic E-state index is 0.141. The molecule has 3 N–H and O–H groups in total. The van der Waals surface area contributed by atoms with Crippen LogP contribution in [0.15, 0.2) is 11.0 Å². The van der Waals surface area contributed by atoms with Gasteiger partial charge in [-0.05, 0) is 51.3 Å². The molecule has 9 nitrogen and oxygen atoms in total. The summed E-state index contributed by atoms with van der Waals surface area (Å²) in [7, 11) is 0. The average Bonchev–Trinajstić information content (AvgIpc) is 2.96. The molecule has 0 spiro atoms. The van der Waals surface area contributed by atoms with Crippen molar-refractivity contribution >= 4 is 24.3 Å². The van der Waals surface area contributed by atoms with E-state index in [9.17, 15) is 9.69 Å². The molecule has 3 heterocycles. The van der Waals surface area contributed by atoms with Crippen molar-refractivity contribution in [2.75, 3.05) is 12.3 Å². The van der Waals surface area contributed by atoms with Crippen LogP contribution in [-0.4, -0.2) is 44.5 Å². The van der Waals surface area contributed by atoms with Gasteiger partial charge in [0, 0.05) is 11.8 Å². The van der Waals surface area contributed by atoms with Crippen molar-refractivity contribution in [3.63, 3.8) is 0 Å². The highest BCUT2D eigenvalue weighted by Crippen LogP contribution is 2.58. The molecule has 0 amide bonds. The Morgan fingerprint density at radius 3 is 2.60 bits per heavy atom. The number of ether oxygens (including phenoxy) is 2. The molecule has 1 unspecified atom stereocenters. The van der Waals surface area contributed by atoms with Crippen LogP contribution in [0.2, 0.25) is 0 Å². The Morgan fingerprint density at radius 1 is 1.40 bits per heavy atom. The molecule has 11 heteroatoms. The van der Waals surface area contributed by atoms with E-state index in [2.05, 4.69) is 25.8 Å². The molecule has 2 fully saturated rings. The molecule has 1 aromatic heterocycles. The van der Waals surface area contributed by atoms with Gasteiger partial charge in [-0.1, -0.05) is 20.8 Å². The molecule has 2 saturated heterocycles. The lowest BCUT2D eigenvalue weighted by atomic mass is 9.80. The van der Waals surface area contributed by atoms with Gasteiger partial charge < -0.3 is 24.6 Å². The van der Waals surface area contributed by atoms with Gasteiger partial charge in [0.25, 0.3) is 0 Å². The van der Waals surface area contributed by atoms with Gasteiger partial charge in [0.2, 0.25) is 0 Å². The van der Waals surface area contributed by atoms with E-state index >= 15 is 0 Å². The smallest absolute Gasteiger partial charge is 0.351 e. The standard InChI is InChI=1S/C19H32N3O6PS/c1-11-8-22(16(23)21-14(11)20)15-12-13(27-29(24,30)28-18(5,6)7)19(26-15,10-25-12)9-17(2,3)4/h8,12-13,15H,9-10H2,1-7H3,(H,24,30)(H2,20,21,23)/t12-,13+,15-,19+,29?/m1/s1. The number of nitrogen functional groups attached to an aromatic ring is 1. The van der Waals surface area contributed by atoms with Crippen LogP contribution in [0.3, 0.4) is 0 Å². The third kappa shape index (κ3) is 4.96. The summed E-state index contributed by atoms with van der Waals surface area (Å²) in [6.45, 7) is 10.0. The number of hydrogen-bond donors (Lipinski definition) is 2. The predicted molar refractivity (Wildman–Crippen MR) is 117 cm³/mol. The number of aryl methyl sites for hydroxylation is 1. The predicted octanol–water partition coefficient (Wildman–Crippen LogP) is 2.65. The quantitative estimate of drug-likeness (QED) is 0.638. The van der Waals surface area contributed by atoms with Crippen LogP contribution in [0.25, 0.3) is 0 Å². The van der Waals surface area contributed by atoms with Gasteiger partial charge in [0.05, 0.1) is 12.2 Å². The molecule has 0 saturated carbocycles. The number of nitrogens with two attached hydrogens (primary N) is 1. The van der Waals surface area contributed by atoms with Crippen molar-refractivity contribution in [2.24, 2.45) is 5.41 Å². The van der Waals surface area contributed by atoms with E-state index < -0.39 is 42.0 Å². The third-order valence-electron chi connectivity index (χ3n) is 4.89. The largest absolute Gasteiger partial charge is 0.383 e. The molecule has 170 valence electrons. The first kappa shape index (κ1) is 23.8. The maximum atomic E-state index is 12.5. The fourth-order valence-electron chi connectivity index (χ4n) is 4.08. The van der Waals surface area contributed by atoms with Gasteiger partial charge in [-0.2, -0.15) is 4.98 Å². The summed E-state index contributed by atoms with van der Waals surface area (Å²) in [5, 5.41) is 0. The van der Waals surface area contributed by atoms with Crippen LogP contribution in [0.4, 0.5) is 5.82 Å². The van der Waals surface area contributed by atoms with Crippen molar-refractivity contribution in [1.82, 2.24) is 9.55 Å². The highest BCUT2D eigenvalue weighted by molar-refractivity contribution is 8.07. The van der Waals surface area contributed by atoms with Crippen molar-refractivity contribution in [2.45, 2.75) is 84.5 Å². The molecule has 2 aliphatic heterocycles. The zero-order valence-corrected chi connectivity index (χ0v) is 20.3. The third-order valence-corrected chi connectivity index (χ3v) is 6.64. The minimum atomic E-state index is -3.60. The number of fused-ring (bicyclic) bond motifs is 2. The van der Waals surface area contributed by atoms with E-state index in [1.807, 2.05) is 0 Å². The summed E-state index contributed by atoms with van der Waals surface area (Å²) in [6, 6.07) is 0. The monoisotopic (exact) mass is 461 g/mol. The zero-order chi connectivity index (χ0) is 22.7. The molecule has 2 aliphatic rings. The Bertz CT molecular complexity index is 924. The van der Waals surface area contributed by atoms with Crippen molar-refractivity contribution in [3.05, 3.63) is 22.2 Å². The Morgan fingerprint density at radius 2 is 2.03 bits per heavy atom. The maximum absolute atomic E-state index is 12.5. The van der Waals surface area contributed by atoms with E-state index in [0.29, 0.717) is 12.0 Å². The first-order valence-corrected chi connectivity index (χ1v) is 12.5. The average molecular weight is 462 g/mol. The number of aromatic nitrogens is 2. The summed E-state index contributed by atoms with van der Waals surface area (Å²) in [4.78, 5) is 27.2. The molecule has 2 bridgehead atoms. The zero-order valence-electron chi connectivity index (χ0n) is 18.5. The topological polar surface area (TPSA) is 118 Å². The summed E-state index contributed by atoms with van der Waals surface area (Å²) in [5.74, 6) is 0.168. The Kier molecular flexibility index (Phi) is 6.04. The fourth-order valence-corrected chi connectivity index (χ4v) is 6.36. The first-order chi connectivity index (χ1) is 13.5. The van der Waals surface area contributed by atoms with Crippen molar-refractivity contribution in [1.29, 1.82) is 0 Å². The van der Waals surface area contributed by atoms with Crippen LogP contribution in [0.5, 0.6) is 0 Å². The molecule has 0 radical (unpaired) electrons. The molecular formula is C19H32N3O6PS. The van der Waals surface area contributed by atoms with Gasteiger partial charge >= 0.3 is 12.4 Å². The van der Waals surface area contributed by atoms with E-state index in [1.54, 1.807) is 33.9 Å². The highest BCUT2D eigenvalue weighted by atomic mass is 32.5. The van der Waals surface area contributed by atoms with Crippen molar-refractivity contribution in [3.8, 4) is 0 Å². The van der Waals surface area contributed by atoms with E-state index in [-0.39, 0.29) is 17.8 Å². The normalized spacial score (nSPS) is 31.1. The lowest BCUT2D eigenvalue weighted by Crippen LogP contribution is -2.45. The van der Waals surface area contributed by atoms with Gasteiger partial charge in [0.1, 0.15) is 23.6 Å². The molecule has 5 atom stereocenters. The van der Waals surface area contributed by atoms with Crippen LogP contribution >= 0.6 is 6.72 Å². The van der Waals surface area contributed by atoms with Crippen LogP contribution in [-0.2, 0) is 30.3 Å². The lowest BCUT2D eigenvalue weighted by molar-refractivity contribution is -0.184. The SMILES string of the molecule is Cc1cn([C@@H]2O[C@@]3(CC(C)(C)C)CO[C@@H]2[C@@H]3OP(O)(=S)OC(C)(C)C)c(=O)nc1N. The lowest BCUT2D eigenvalue weighted by Gasteiger charge is -2.37. The molecule has 30 heavy (non-hydrogen) atoms. The Hall–Kier alpha value is -0.870. The van der Waals surface area contributed by atoms with E-state index in [1.165, 1.54) is 4.57 Å². The second-order valence-corrected chi connectivity index (χ2v) is 13.0. The summed E-state index contributed by atoms with van der Waals surface area (Å²) in [6.07, 6.45) is 0.0215. The van der Waals surface area contributed by atoms with Crippen LogP contribution < -0.4 is 11.4 Å². The van der Waals surface area contributed by atoms with Gasteiger partial charge in [-0.25, -0.2) is 4.79 Å². The summed E-state index contributed by atoms with van der Waals surface area (Å²) in [5.41, 5.74) is 4.15. The minimum Gasteiger partial charge on any atom is -0.383 e. The number of hydrogen-bond acceptors (Lipinski definition) is 8. The van der Waals surface area contributed by atoms with E-state index in [4.69, 9.17) is 36.1 Å². The molecular weight excluding hydrogens is 429 g/mol. The van der Waals surface area contributed by atoms with Gasteiger partial charge in [0.15, 0.2) is 6.23 Å². The second kappa shape index (κ2) is 7.62. The number of anilines is 1. The highest BCUT2D eigenvalue weighted by Gasteiger charge is 2.65. The molecule has 3 rings (SSSR count). The van der Waals surface area contributed by atoms with Crippen LogP contribution in [0, 0.1) is 12.3 Å². The number of nitrogens with zero attached hydrogens (tertiary/aromatic N) is 2. The van der Waals surface area contributed by atoms with Crippen LogP contribution in [0.1, 0.15) is 59.8 Å². The maximum Gasteiger partial charge on any atom is 0.351 e. The van der Waals surface area contributed by atoms with E-state index in [0.717, 1.165) is 0 Å². The molecule has 0 aromatic carbocycles. The summed E-state index contributed by atoms with van der Waals surface area (Å²) >= 11 is 5.29. The first-order valence-electron chi connectivity index (χ1n) is 9.89. The Balaban J connectivity index is 2.00. The second-order valence-electron chi connectivity index (χ2n) is 10.3.